The summed E-state index contributed by atoms with van der Waals surface area (Å²) in [5.74, 6) is -1.83. The van der Waals surface area contributed by atoms with Crippen molar-refractivity contribution in [3.8, 4) is 11.5 Å². The van der Waals surface area contributed by atoms with E-state index in [1.54, 1.807) is 4.90 Å². The minimum atomic E-state index is -1.28. The van der Waals surface area contributed by atoms with E-state index in [2.05, 4.69) is 25.8 Å². The molecule has 10 nitrogen and oxygen atoms in total. The van der Waals surface area contributed by atoms with Crippen LogP contribution < -0.4 is 20.7 Å². The number of nitrogens with zero attached hydrogens (tertiary/aromatic N) is 3. The minimum Gasteiger partial charge on any atom is -0.454 e. The molecule has 1 unspecified atom stereocenters. The second-order valence-corrected chi connectivity index (χ2v) is 10.4. The van der Waals surface area contributed by atoms with Gasteiger partial charge < -0.3 is 25.2 Å². The van der Waals surface area contributed by atoms with E-state index >= 15 is 0 Å². The Hall–Kier alpha value is -4.58. The normalized spacial score (nSPS) is 17.2. The summed E-state index contributed by atoms with van der Waals surface area (Å²) in [7, 11) is 3.96. The monoisotopic (exact) mass is 564 g/mol. The molecule has 2 heterocycles. The van der Waals surface area contributed by atoms with Gasteiger partial charge >= 0.3 is 6.03 Å². The maximum Gasteiger partial charge on any atom is 0.323 e. The van der Waals surface area contributed by atoms with E-state index in [0.717, 1.165) is 12.5 Å². The lowest BCUT2D eigenvalue weighted by atomic mass is 10.0. The van der Waals surface area contributed by atoms with Crippen molar-refractivity contribution in [1.29, 1.82) is 0 Å². The Bertz CT molecular complexity index is 1460. The number of amides is 4. The predicted molar refractivity (Wildman–Crippen MR) is 149 cm³/mol. The molecule has 2 aliphatic rings. The number of halogens is 2. The van der Waals surface area contributed by atoms with E-state index in [-0.39, 0.29) is 29.0 Å². The van der Waals surface area contributed by atoms with E-state index < -0.39 is 28.9 Å². The number of carbonyl (C=O) groups excluding carboxylic acids is 3. The molecule has 214 valence electrons. The number of pyridine rings is 1. The van der Waals surface area contributed by atoms with Crippen LogP contribution in [0.4, 0.5) is 30.8 Å². The summed E-state index contributed by atoms with van der Waals surface area (Å²) in [6, 6.07) is 12.2. The quantitative estimate of drug-likeness (QED) is 0.343. The highest BCUT2D eigenvalue weighted by atomic mass is 19.1. The SMILES string of the molecule is CN(C)C1CCN(C(=O)Nc2cc(Oc3ccc(NC(=O)C4(C(=O)Nc5ccc(F)cc5)CC4)cc3F)ccn2)C1. The highest BCUT2D eigenvalue weighted by Crippen LogP contribution is 2.47. The van der Waals surface area contributed by atoms with E-state index in [1.807, 2.05) is 14.1 Å². The average molecular weight is 565 g/mol. The molecule has 0 bridgehead atoms. The van der Waals surface area contributed by atoms with Gasteiger partial charge in [0.1, 0.15) is 22.8 Å². The molecular weight excluding hydrogens is 534 g/mol. The summed E-state index contributed by atoms with van der Waals surface area (Å²) in [4.78, 5) is 46.2. The summed E-state index contributed by atoms with van der Waals surface area (Å²) in [6.45, 7) is 1.25. The Kier molecular flexibility index (Phi) is 7.84. The molecule has 1 aliphatic heterocycles. The first kappa shape index (κ1) is 28.0. The molecule has 3 N–H and O–H groups in total. The van der Waals surface area contributed by atoms with Crippen LogP contribution in [0.25, 0.3) is 0 Å². The molecule has 2 fully saturated rings. The van der Waals surface area contributed by atoms with E-state index in [4.69, 9.17) is 4.74 Å². The summed E-state index contributed by atoms with van der Waals surface area (Å²) >= 11 is 0. The molecule has 1 atom stereocenters. The van der Waals surface area contributed by atoms with Crippen LogP contribution >= 0.6 is 0 Å². The zero-order valence-corrected chi connectivity index (χ0v) is 22.6. The Morgan fingerprint density at radius 3 is 2.27 bits per heavy atom. The molecule has 0 spiro atoms. The lowest BCUT2D eigenvalue weighted by Crippen LogP contribution is -2.37. The van der Waals surface area contributed by atoms with Gasteiger partial charge in [0.2, 0.25) is 11.8 Å². The van der Waals surface area contributed by atoms with E-state index in [0.29, 0.717) is 37.7 Å². The van der Waals surface area contributed by atoms with Gasteiger partial charge in [0, 0.05) is 48.8 Å². The number of hydrogen-bond donors (Lipinski definition) is 3. The van der Waals surface area contributed by atoms with Crippen molar-refractivity contribution in [2.24, 2.45) is 5.41 Å². The van der Waals surface area contributed by atoms with Gasteiger partial charge in [-0.2, -0.15) is 0 Å². The fourth-order valence-electron chi connectivity index (χ4n) is 4.58. The summed E-state index contributed by atoms with van der Waals surface area (Å²) in [5, 5.41) is 7.98. The maximum absolute atomic E-state index is 14.9. The summed E-state index contributed by atoms with van der Waals surface area (Å²) < 4.78 is 33.7. The van der Waals surface area contributed by atoms with Crippen LogP contribution in [-0.2, 0) is 9.59 Å². The van der Waals surface area contributed by atoms with Gasteiger partial charge in [0.15, 0.2) is 11.6 Å². The molecular formula is C29H30F2N6O4. The van der Waals surface area contributed by atoms with Gasteiger partial charge in [0.25, 0.3) is 0 Å². The van der Waals surface area contributed by atoms with Gasteiger partial charge in [-0.25, -0.2) is 18.6 Å². The highest BCUT2D eigenvalue weighted by Gasteiger charge is 2.56. The number of hydrogen-bond acceptors (Lipinski definition) is 6. The molecule has 0 radical (unpaired) electrons. The Morgan fingerprint density at radius 1 is 0.951 bits per heavy atom. The molecule has 1 aromatic heterocycles. The zero-order chi connectivity index (χ0) is 29.1. The number of aromatic nitrogens is 1. The Morgan fingerprint density at radius 2 is 1.63 bits per heavy atom. The van der Waals surface area contributed by atoms with Crippen molar-refractivity contribution in [3.05, 3.63) is 72.4 Å². The number of rotatable bonds is 8. The third-order valence-corrected chi connectivity index (χ3v) is 7.29. The van der Waals surface area contributed by atoms with E-state index in [9.17, 15) is 23.2 Å². The number of anilines is 3. The van der Waals surface area contributed by atoms with Crippen LogP contribution in [0.15, 0.2) is 60.8 Å². The standard InChI is InChI=1S/C29H30F2N6O4/c1-36(2)21-10-14-37(17-21)28(40)35-25-16-22(9-13-32-25)41-24-8-7-20(15-23(24)31)34-27(39)29(11-12-29)26(38)33-19-5-3-18(30)4-6-19/h3-9,13,15-16,21H,10-12,14,17H2,1-2H3,(H,33,38)(H,34,39)(H,32,35,40). The van der Waals surface area contributed by atoms with Gasteiger partial charge in [-0.3, -0.25) is 14.9 Å². The molecule has 1 aliphatic carbocycles. The van der Waals surface area contributed by atoms with Crippen LogP contribution in [0.2, 0.25) is 0 Å². The second-order valence-electron chi connectivity index (χ2n) is 10.4. The van der Waals surface area contributed by atoms with Crippen LogP contribution in [-0.4, -0.2) is 65.9 Å². The smallest absolute Gasteiger partial charge is 0.323 e. The summed E-state index contributed by atoms with van der Waals surface area (Å²) in [6.07, 6.45) is 3.00. The van der Waals surface area contributed by atoms with Gasteiger partial charge in [-0.1, -0.05) is 0 Å². The Balaban J connectivity index is 1.18. The van der Waals surface area contributed by atoms with Gasteiger partial charge in [0.05, 0.1) is 0 Å². The van der Waals surface area contributed by atoms with Crippen molar-refractivity contribution in [2.45, 2.75) is 25.3 Å². The number of nitrogens with one attached hydrogen (secondary N) is 3. The molecule has 12 heteroatoms. The summed E-state index contributed by atoms with van der Waals surface area (Å²) in [5.41, 5.74) is -0.749. The molecule has 2 aromatic carbocycles. The zero-order valence-electron chi connectivity index (χ0n) is 22.6. The number of urea groups is 1. The molecule has 41 heavy (non-hydrogen) atoms. The van der Waals surface area contributed by atoms with Gasteiger partial charge in [-0.15, -0.1) is 0 Å². The van der Waals surface area contributed by atoms with Crippen molar-refractivity contribution in [2.75, 3.05) is 43.1 Å². The number of benzene rings is 2. The van der Waals surface area contributed by atoms with Gasteiger partial charge in [-0.05, 0) is 75.8 Å². The lowest BCUT2D eigenvalue weighted by molar-refractivity contribution is -0.131. The van der Waals surface area contributed by atoms with Crippen molar-refractivity contribution < 1.29 is 27.9 Å². The third kappa shape index (κ3) is 6.43. The first-order valence-corrected chi connectivity index (χ1v) is 13.2. The van der Waals surface area contributed by atoms with Crippen molar-refractivity contribution >= 4 is 35.0 Å². The minimum absolute atomic E-state index is 0.102. The topological polar surface area (TPSA) is 116 Å². The molecule has 3 aromatic rings. The fourth-order valence-corrected chi connectivity index (χ4v) is 4.58. The molecule has 1 saturated carbocycles. The lowest BCUT2D eigenvalue weighted by Gasteiger charge is -2.20. The average Bonchev–Trinajstić information content (AvgIpc) is 3.60. The van der Waals surface area contributed by atoms with Crippen LogP contribution in [0, 0.1) is 17.0 Å². The largest absolute Gasteiger partial charge is 0.454 e. The number of likely N-dealkylation sites (N-methyl/N-ethyl adjacent to an activating group) is 1. The van der Waals surface area contributed by atoms with Crippen LogP contribution in [0.5, 0.6) is 11.5 Å². The first-order chi connectivity index (χ1) is 19.6. The highest BCUT2D eigenvalue weighted by molar-refractivity contribution is 6.16. The second kappa shape index (κ2) is 11.5. The Labute approximate surface area is 235 Å². The van der Waals surface area contributed by atoms with Crippen LogP contribution in [0.3, 0.4) is 0 Å². The molecule has 5 rings (SSSR count). The fraction of sp³-hybridized carbons (Fsp3) is 0.310. The van der Waals surface area contributed by atoms with E-state index in [1.165, 1.54) is 54.7 Å². The predicted octanol–water partition coefficient (Wildman–Crippen LogP) is 4.68. The number of carbonyl (C=O) groups is 3. The molecule has 1 saturated heterocycles. The number of ether oxygens (including phenoxy) is 1. The number of likely N-dealkylation sites (tertiary alicyclic amines) is 1. The third-order valence-electron chi connectivity index (χ3n) is 7.29. The maximum atomic E-state index is 14.9. The van der Waals surface area contributed by atoms with Crippen molar-refractivity contribution in [1.82, 2.24) is 14.8 Å². The first-order valence-electron chi connectivity index (χ1n) is 13.2. The van der Waals surface area contributed by atoms with Crippen LogP contribution in [0.1, 0.15) is 19.3 Å². The van der Waals surface area contributed by atoms with Crippen molar-refractivity contribution in [3.63, 3.8) is 0 Å². The molecule has 4 amide bonds.